The Kier molecular flexibility index (Phi) is 6.25. The SMILES string of the molecule is CCCCCCCC(=O)N1C=C(OC)C(=O)CC1=O. The van der Waals surface area contributed by atoms with Crippen molar-refractivity contribution in [1.82, 2.24) is 4.90 Å². The lowest BCUT2D eigenvalue weighted by Crippen LogP contribution is -2.38. The summed E-state index contributed by atoms with van der Waals surface area (Å²) in [7, 11) is 1.35. The van der Waals surface area contributed by atoms with Gasteiger partial charge in [0.15, 0.2) is 5.76 Å². The maximum Gasteiger partial charge on any atom is 0.241 e. The van der Waals surface area contributed by atoms with Crippen molar-refractivity contribution in [1.29, 1.82) is 0 Å². The van der Waals surface area contributed by atoms with Gasteiger partial charge in [-0.25, -0.2) is 0 Å². The van der Waals surface area contributed by atoms with Crippen LogP contribution in [0.2, 0.25) is 0 Å². The molecule has 0 spiro atoms. The Morgan fingerprint density at radius 3 is 2.58 bits per heavy atom. The lowest BCUT2D eigenvalue weighted by molar-refractivity contribution is -0.144. The van der Waals surface area contributed by atoms with E-state index in [0.29, 0.717) is 6.42 Å². The third-order valence-electron chi connectivity index (χ3n) is 3.08. The summed E-state index contributed by atoms with van der Waals surface area (Å²) in [6.07, 6.45) is 6.43. The van der Waals surface area contributed by atoms with Crippen LogP contribution in [0.4, 0.5) is 0 Å². The van der Waals surface area contributed by atoms with Crippen LogP contribution in [-0.4, -0.2) is 29.6 Å². The molecule has 0 unspecified atom stereocenters. The normalized spacial score (nSPS) is 15.5. The number of ketones is 1. The van der Waals surface area contributed by atoms with E-state index in [1.54, 1.807) is 0 Å². The van der Waals surface area contributed by atoms with Crippen molar-refractivity contribution >= 4 is 17.6 Å². The standard InChI is InChI=1S/C14H21NO4/c1-3-4-5-6-7-8-13(17)15-10-12(19-2)11(16)9-14(15)18/h10H,3-9H2,1-2H3. The van der Waals surface area contributed by atoms with Crippen LogP contribution in [0.15, 0.2) is 12.0 Å². The number of amides is 2. The van der Waals surface area contributed by atoms with Crippen LogP contribution < -0.4 is 0 Å². The molecule has 2 amide bonds. The minimum Gasteiger partial charge on any atom is -0.492 e. The number of carbonyl (C=O) groups excluding carboxylic acids is 3. The van der Waals surface area contributed by atoms with Gasteiger partial charge in [-0.15, -0.1) is 0 Å². The van der Waals surface area contributed by atoms with Crippen molar-refractivity contribution in [2.24, 2.45) is 0 Å². The fourth-order valence-electron chi connectivity index (χ4n) is 1.95. The third kappa shape index (κ3) is 4.50. The van der Waals surface area contributed by atoms with E-state index in [9.17, 15) is 14.4 Å². The summed E-state index contributed by atoms with van der Waals surface area (Å²) in [6.45, 7) is 2.13. The second-order valence-electron chi connectivity index (χ2n) is 4.62. The van der Waals surface area contributed by atoms with E-state index in [1.807, 2.05) is 0 Å². The van der Waals surface area contributed by atoms with Crippen LogP contribution in [-0.2, 0) is 19.1 Å². The second kappa shape index (κ2) is 7.71. The highest BCUT2D eigenvalue weighted by atomic mass is 16.5. The number of allylic oxidation sites excluding steroid dienone is 1. The van der Waals surface area contributed by atoms with Gasteiger partial charge in [-0.05, 0) is 6.42 Å². The zero-order chi connectivity index (χ0) is 14.3. The van der Waals surface area contributed by atoms with Crippen LogP contribution in [0.3, 0.4) is 0 Å². The zero-order valence-electron chi connectivity index (χ0n) is 11.6. The molecule has 106 valence electrons. The van der Waals surface area contributed by atoms with Crippen LogP contribution >= 0.6 is 0 Å². The molecule has 1 rings (SSSR count). The number of hydrogen-bond acceptors (Lipinski definition) is 4. The predicted molar refractivity (Wildman–Crippen MR) is 69.9 cm³/mol. The van der Waals surface area contributed by atoms with Crippen molar-refractivity contribution in [2.75, 3.05) is 7.11 Å². The number of hydrogen-bond donors (Lipinski definition) is 0. The Labute approximate surface area is 113 Å². The van der Waals surface area contributed by atoms with E-state index in [0.717, 1.165) is 30.6 Å². The van der Waals surface area contributed by atoms with Gasteiger partial charge >= 0.3 is 0 Å². The molecule has 0 aromatic rings. The van der Waals surface area contributed by atoms with Crippen molar-refractivity contribution in [3.05, 3.63) is 12.0 Å². The lowest BCUT2D eigenvalue weighted by Gasteiger charge is -2.21. The molecule has 1 aliphatic rings. The van der Waals surface area contributed by atoms with Crippen molar-refractivity contribution < 1.29 is 19.1 Å². The average Bonchev–Trinajstić information content (AvgIpc) is 2.38. The van der Waals surface area contributed by atoms with E-state index >= 15 is 0 Å². The Hall–Kier alpha value is -1.65. The van der Waals surface area contributed by atoms with Gasteiger partial charge in [0.25, 0.3) is 0 Å². The molecular weight excluding hydrogens is 246 g/mol. The molecule has 0 bridgehead atoms. The summed E-state index contributed by atoms with van der Waals surface area (Å²) in [6, 6.07) is 0. The first-order valence-electron chi connectivity index (χ1n) is 6.74. The quantitative estimate of drug-likeness (QED) is 0.524. The summed E-state index contributed by atoms with van der Waals surface area (Å²) in [5.41, 5.74) is 0. The monoisotopic (exact) mass is 267 g/mol. The molecule has 0 aromatic heterocycles. The summed E-state index contributed by atoms with van der Waals surface area (Å²) in [4.78, 5) is 35.9. The van der Waals surface area contributed by atoms with E-state index in [4.69, 9.17) is 4.74 Å². The molecule has 0 aromatic carbocycles. The van der Waals surface area contributed by atoms with Crippen molar-refractivity contribution in [3.63, 3.8) is 0 Å². The topological polar surface area (TPSA) is 63.7 Å². The van der Waals surface area contributed by atoms with Gasteiger partial charge in [0.05, 0.1) is 19.7 Å². The third-order valence-corrected chi connectivity index (χ3v) is 3.08. The average molecular weight is 267 g/mol. The molecule has 0 atom stereocenters. The fourth-order valence-corrected chi connectivity index (χ4v) is 1.95. The van der Waals surface area contributed by atoms with Crippen molar-refractivity contribution in [2.45, 2.75) is 51.9 Å². The molecule has 0 fully saturated rings. The molecule has 1 aliphatic heterocycles. The predicted octanol–water partition coefficient (Wildman–Crippen LogP) is 2.16. The maximum atomic E-state index is 11.9. The minimum absolute atomic E-state index is 0.0685. The number of unbranched alkanes of at least 4 members (excludes halogenated alkanes) is 4. The summed E-state index contributed by atoms with van der Waals surface area (Å²) >= 11 is 0. The first-order valence-corrected chi connectivity index (χ1v) is 6.74. The highest BCUT2D eigenvalue weighted by Gasteiger charge is 2.29. The zero-order valence-corrected chi connectivity index (χ0v) is 11.6. The molecule has 19 heavy (non-hydrogen) atoms. The highest BCUT2D eigenvalue weighted by molar-refractivity contribution is 6.13. The molecule has 0 aliphatic carbocycles. The van der Waals surface area contributed by atoms with Crippen LogP contribution in [0, 0.1) is 0 Å². The Balaban J connectivity index is 2.49. The van der Waals surface area contributed by atoms with Crippen LogP contribution in [0.25, 0.3) is 0 Å². The number of methoxy groups -OCH3 is 1. The van der Waals surface area contributed by atoms with Gasteiger partial charge in [0.2, 0.25) is 17.6 Å². The van der Waals surface area contributed by atoms with E-state index in [2.05, 4.69) is 6.92 Å². The van der Waals surface area contributed by atoms with Crippen molar-refractivity contribution in [3.8, 4) is 0 Å². The van der Waals surface area contributed by atoms with Gasteiger partial charge in [-0.1, -0.05) is 32.6 Å². The first kappa shape index (κ1) is 15.4. The summed E-state index contributed by atoms with van der Waals surface area (Å²) < 4.78 is 4.86. The van der Waals surface area contributed by atoms with Crippen LogP contribution in [0.5, 0.6) is 0 Å². The van der Waals surface area contributed by atoms with Gasteiger partial charge < -0.3 is 4.74 Å². The number of ether oxygens (including phenoxy) is 1. The van der Waals surface area contributed by atoms with E-state index in [1.165, 1.54) is 19.7 Å². The molecule has 0 radical (unpaired) electrons. The number of imide groups is 1. The molecule has 0 saturated heterocycles. The Morgan fingerprint density at radius 2 is 1.95 bits per heavy atom. The van der Waals surface area contributed by atoms with Gasteiger partial charge in [-0.2, -0.15) is 0 Å². The number of Topliss-reactive ketones (excluding diaryl/α,β-unsaturated/α-hetero) is 1. The number of rotatable bonds is 7. The van der Waals surface area contributed by atoms with E-state index in [-0.39, 0.29) is 23.9 Å². The summed E-state index contributed by atoms with van der Waals surface area (Å²) in [5, 5.41) is 0. The Morgan fingerprint density at radius 1 is 1.26 bits per heavy atom. The fraction of sp³-hybridized carbons (Fsp3) is 0.643. The largest absolute Gasteiger partial charge is 0.492 e. The number of carbonyl (C=O) groups is 3. The van der Waals surface area contributed by atoms with E-state index < -0.39 is 5.91 Å². The highest BCUT2D eigenvalue weighted by Crippen LogP contribution is 2.15. The Bertz CT molecular complexity index is 387. The molecular formula is C14H21NO4. The second-order valence-corrected chi connectivity index (χ2v) is 4.62. The minimum atomic E-state index is -0.468. The lowest BCUT2D eigenvalue weighted by atomic mass is 10.1. The first-order chi connectivity index (χ1) is 9.10. The molecule has 5 heteroatoms. The molecule has 5 nitrogen and oxygen atoms in total. The van der Waals surface area contributed by atoms with Gasteiger partial charge in [-0.3, -0.25) is 19.3 Å². The molecule has 0 N–H and O–H groups in total. The molecule has 1 heterocycles. The maximum absolute atomic E-state index is 11.9. The van der Waals surface area contributed by atoms with Crippen LogP contribution in [0.1, 0.15) is 51.9 Å². The number of nitrogens with zero attached hydrogens (tertiary/aromatic N) is 1. The van der Waals surface area contributed by atoms with Gasteiger partial charge in [0.1, 0.15) is 0 Å². The molecule has 0 saturated carbocycles. The summed E-state index contributed by atoms with van der Waals surface area (Å²) in [5.74, 6) is -1.04. The van der Waals surface area contributed by atoms with Gasteiger partial charge in [0, 0.05) is 6.42 Å². The smallest absolute Gasteiger partial charge is 0.241 e.